The zero-order valence-electron chi connectivity index (χ0n) is 11.7. The van der Waals surface area contributed by atoms with E-state index in [1.54, 1.807) is 13.1 Å². The lowest BCUT2D eigenvalue weighted by atomic mass is 10.1. The van der Waals surface area contributed by atoms with Crippen LogP contribution in [0.1, 0.15) is 6.42 Å². The minimum Gasteiger partial charge on any atom is -0.398 e. The highest BCUT2D eigenvalue weighted by Gasteiger charge is 2.28. The lowest BCUT2D eigenvalue weighted by molar-refractivity contribution is 0.357. The summed E-state index contributed by atoms with van der Waals surface area (Å²) >= 11 is 5.81. The molecule has 7 heteroatoms. The summed E-state index contributed by atoms with van der Waals surface area (Å²) in [5.41, 5.74) is 5.96. The number of likely N-dealkylation sites (tertiary alicyclic amines) is 1. The van der Waals surface area contributed by atoms with E-state index in [-0.39, 0.29) is 10.6 Å². The van der Waals surface area contributed by atoms with E-state index in [1.807, 2.05) is 7.05 Å². The van der Waals surface area contributed by atoms with E-state index in [4.69, 9.17) is 17.3 Å². The third kappa shape index (κ3) is 3.25. The molecule has 2 N–H and O–H groups in total. The second-order valence-electron chi connectivity index (χ2n) is 5.38. The standard InChI is InChI=1S/C13H20ClN3O2S/c1-16-6-5-10(8-16)9-17(2)20(18,19)13-4-3-11(14)7-12(13)15/h3-4,7,10H,5-6,8-9,15H2,1-2H3. The van der Waals surface area contributed by atoms with E-state index in [9.17, 15) is 8.42 Å². The molecule has 0 amide bonds. The van der Waals surface area contributed by atoms with Crippen LogP contribution in [0, 0.1) is 5.92 Å². The lowest BCUT2D eigenvalue weighted by Gasteiger charge is -2.21. The molecule has 0 radical (unpaired) electrons. The van der Waals surface area contributed by atoms with E-state index < -0.39 is 10.0 Å². The van der Waals surface area contributed by atoms with Gasteiger partial charge in [-0.15, -0.1) is 0 Å². The van der Waals surface area contributed by atoms with Gasteiger partial charge in [-0.1, -0.05) is 11.6 Å². The minimum atomic E-state index is -3.56. The quantitative estimate of drug-likeness (QED) is 0.855. The summed E-state index contributed by atoms with van der Waals surface area (Å²) in [5, 5.41) is 0.432. The zero-order valence-corrected chi connectivity index (χ0v) is 13.3. The minimum absolute atomic E-state index is 0.121. The number of halogens is 1. The molecule has 112 valence electrons. The van der Waals surface area contributed by atoms with Crippen molar-refractivity contribution < 1.29 is 8.42 Å². The Morgan fingerprint density at radius 1 is 1.50 bits per heavy atom. The van der Waals surface area contributed by atoms with Crippen molar-refractivity contribution in [3.8, 4) is 0 Å². The molecule has 1 heterocycles. The van der Waals surface area contributed by atoms with Gasteiger partial charge in [0.2, 0.25) is 10.0 Å². The van der Waals surface area contributed by atoms with Gasteiger partial charge >= 0.3 is 0 Å². The van der Waals surface area contributed by atoms with Crippen LogP contribution < -0.4 is 5.73 Å². The van der Waals surface area contributed by atoms with Crippen LogP contribution in [-0.2, 0) is 10.0 Å². The number of hydrogen-bond donors (Lipinski definition) is 1. The Labute approximate surface area is 125 Å². The maximum atomic E-state index is 12.5. The average molecular weight is 318 g/mol. The van der Waals surface area contributed by atoms with Crippen molar-refractivity contribution in [2.24, 2.45) is 5.92 Å². The highest BCUT2D eigenvalue weighted by Crippen LogP contribution is 2.26. The molecule has 1 fully saturated rings. The molecule has 20 heavy (non-hydrogen) atoms. The lowest BCUT2D eigenvalue weighted by Crippen LogP contribution is -2.33. The van der Waals surface area contributed by atoms with E-state index in [0.29, 0.717) is 17.5 Å². The van der Waals surface area contributed by atoms with Crippen LogP contribution in [0.5, 0.6) is 0 Å². The molecular weight excluding hydrogens is 298 g/mol. The van der Waals surface area contributed by atoms with Crippen molar-refractivity contribution in [1.82, 2.24) is 9.21 Å². The van der Waals surface area contributed by atoms with Crippen molar-refractivity contribution in [2.75, 3.05) is 39.5 Å². The SMILES string of the molecule is CN1CCC(CN(C)S(=O)(=O)c2ccc(Cl)cc2N)C1. The predicted octanol–water partition coefficient (Wildman–Crippen LogP) is 1.49. The Balaban J connectivity index is 2.17. The van der Waals surface area contributed by atoms with Crippen LogP contribution >= 0.6 is 11.6 Å². The summed E-state index contributed by atoms with van der Waals surface area (Å²) in [4.78, 5) is 2.33. The van der Waals surface area contributed by atoms with Crippen LogP contribution in [0.3, 0.4) is 0 Å². The number of hydrogen-bond acceptors (Lipinski definition) is 4. The van der Waals surface area contributed by atoms with Crippen molar-refractivity contribution in [2.45, 2.75) is 11.3 Å². The molecule has 5 nitrogen and oxygen atoms in total. The molecule has 1 unspecified atom stereocenters. The molecule has 0 bridgehead atoms. The molecular formula is C13H20ClN3O2S. The van der Waals surface area contributed by atoms with E-state index in [0.717, 1.165) is 19.5 Å². The fourth-order valence-electron chi connectivity index (χ4n) is 2.56. The van der Waals surface area contributed by atoms with Gasteiger partial charge in [-0.25, -0.2) is 12.7 Å². The molecule has 1 atom stereocenters. The van der Waals surface area contributed by atoms with Crippen LogP contribution in [-0.4, -0.2) is 51.4 Å². The van der Waals surface area contributed by atoms with Crippen LogP contribution in [0.4, 0.5) is 5.69 Å². The van der Waals surface area contributed by atoms with Crippen LogP contribution in [0.25, 0.3) is 0 Å². The second kappa shape index (κ2) is 5.89. The first-order chi connectivity index (χ1) is 9.30. The third-order valence-electron chi connectivity index (χ3n) is 3.66. The molecule has 1 aromatic rings. The molecule has 0 saturated carbocycles. The zero-order chi connectivity index (χ0) is 14.9. The molecule has 1 aromatic carbocycles. The topological polar surface area (TPSA) is 66.6 Å². The van der Waals surface area contributed by atoms with Crippen molar-refractivity contribution in [3.05, 3.63) is 23.2 Å². The van der Waals surface area contributed by atoms with Gasteiger partial charge in [0.25, 0.3) is 0 Å². The maximum absolute atomic E-state index is 12.5. The van der Waals surface area contributed by atoms with Gasteiger partial charge in [-0.3, -0.25) is 0 Å². The molecule has 1 saturated heterocycles. The van der Waals surface area contributed by atoms with Crippen LogP contribution in [0.2, 0.25) is 5.02 Å². The molecule has 0 spiro atoms. The fourth-order valence-corrected chi connectivity index (χ4v) is 4.08. The molecule has 2 rings (SSSR count). The number of sulfonamides is 1. The Hall–Kier alpha value is -0.820. The Morgan fingerprint density at radius 2 is 2.20 bits per heavy atom. The summed E-state index contributed by atoms with van der Waals surface area (Å²) in [6.07, 6.45) is 1.02. The Bertz CT molecular complexity index is 591. The average Bonchev–Trinajstić information content (AvgIpc) is 2.74. The van der Waals surface area contributed by atoms with Gasteiger partial charge in [0.05, 0.1) is 5.69 Å². The molecule has 1 aliphatic rings. The van der Waals surface area contributed by atoms with Crippen molar-refractivity contribution >= 4 is 27.3 Å². The number of rotatable bonds is 4. The first-order valence-corrected chi connectivity index (χ1v) is 8.32. The second-order valence-corrected chi connectivity index (χ2v) is 7.83. The van der Waals surface area contributed by atoms with Gasteiger partial charge in [-0.2, -0.15) is 0 Å². The van der Waals surface area contributed by atoms with Crippen LogP contribution in [0.15, 0.2) is 23.1 Å². The third-order valence-corrected chi connectivity index (χ3v) is 5.80. The fraction of sp³-hybridized carbons (Fsp3) is 0.538. The highest BCUT2D eigenvalue weighted by atomic mass is 35.5. The summed E-state index contributed by atoms with van der Waals surface area (Å²) in [5.74, 6) is 0.369. The Kier molecular flexibility index (Phi) is 4.59. The van der Waals surface area contributed by atoms with E-state index >= 15 is 0 Å². The number of nitrogens with two attached hydrogens (primary N) is 1. The smallest absolute Gasteiger partial charge is 0.244 e. The van der Waals surface area contributed by atoms with Gasteiger partial charge in [0.15, 0.2) is 0 Å². The first-order valence-electron chi connectivity index (χ1n) is 6.50. The van der Waals surface area contributed by atoms with Gasteiger partial charge < -0.3 is 10.6 Å². The normalized spacial score (nSPS) is 20.7. The summed E-state index contributed by atoms with van der Waals surface area (Å²) < 4.78 is 26.4. The van der Waals surface area contributed by atoms with E-state index in [1.165, 1.54) is 16.4 Å². The largest absolute Gasteiger partial charge is 0.398 e. The Morgan fingerprint density at radius 3 is 2.75 bits per heavy atom. The van der Waals surface area contributed by atoms with E-state index in [2.05, 4.69) is 4.90 Å². The maximum Gasteiger partial charge on any atom is 0.244 e. The summed E-state index contributed by atoms with van der Waals surface area (Å²) in [6.45, 7) is 2.45. The van der Waals surface area contributed by atoms with Gasteiger partial charge in [0.1, 0.15) is 4.90 Å². The number of nitrogens with zero attached hydrogens (tertiary/aromatic N) is 2. The molecule has 0 aromatic heterocycles. The molecule has 1 aliphatic heterocycles. The molecule has 0 aliphatic carbocycles. The predicted molar refractivity (Wildman–Crippen MR) is 81.3 cm³/mol. The van der Waals surface area contributed by atoms with Crippen molar-refractivity contribution in [1.29, 1.82) is 0 Å². The summed E-state index contributed by atoms with van der Waals surface area (Å²) in [7, 11) is 0.0860. The van der Waals surface area contributed by atoms with Gasteiger partial charge in [0, 0.05) is 25.2 Å². The number of nitrogen functional groups attached to an aromatic ring is 1. The number of anilines is 1. The highest BCUT2D eigenvalue weighted by molar-refractivity contribution is 7.89. The van der Waals surface area contributed by atoms with Crippen molar-refractivity contribution in [3.63, 3.8) is 0 Å². The summed E-state index contributed by atoms with van der Waals surface area (Å²) in [6, 6.07) is 4.47. The first kappa shape index (κ1) is 15.6. The monoisotopic (exact) mass is 317 g/mol. The van der Waals surface area contributed by atoms with Gasteiger partial charge in [-0.05, 0) is 44.1 Å². The number of benzene rings is 1.